The SMILES string of the molecule is COC(=O)C=C(C)c1ccc(C(C)C)cc1. The summed E-state index contributed by atoms with van der Waals surface area (Å²) in [6.45, 7) is 6.22. The van der Waals surface area contributed by atoms with Crippen LogP contribution < -0.4 is 0 Å². The van der Waals surface area contributed by atoms with Crippen LogP contribution in [0.15, 0.2) is 30.3 Å². The van der Waals surface area contributed by atoms with Crippen molar-refractivity contribution < 1.29 is 9.53 Å². The van der Waals surface area contributed by atoms with E-state index in [1.807, 2.05) is 19.1 Å². The molecular formula is C14H18O2. The van der Waals surface area contributed by atoms with Gasteiger partial charge in [0.25, 0.3) is 0 Å². The Balaban J connectivity index is 2.89. The second kappa shape index (κ2) is 5.50. The predicted molar refractivity (Wildman–Crippen MR) is 66.2 cm³/mol. The first kappa shape index (κ1) is 12.5. The van der Waals surface area contributed by atoms with Crippen molar-refractivity contribution in [2.45, 2.75) is 26.7 Å². The van der Waals surface area contributed by atoms with Crippen LogP contribution in [0, 0.1) is 0 Å². The minimum Gasteiger partial charge on any atom is -0.466 e. The molecule has 0 unspecified atom stereocenters. The quantitative estimate of drug-likeness (QED) is 0.574. The van der Waals surface area contributed by atoms with Gasteiger partial charge in [0, 0.05) is 6.08 Å². The average Bonchev–Trinajstić information content (AvgIpc) is 2.28. The summed E-state index contributed by atoms with van der Waals surface area (Å²) in [4.78, 5) is 11.1. The first-order valence-corrected chi connectivity index (χ1v) is 5.41. The lowest BCUT2D eigenvalue weighted by atomic mass is 9.99. The van der Waals surface area contributed by atoms with Gasteiger partial charge in [-0.15, -0.1) is 0 Å². The van der Waals surface area contributed by atoms with Crippen LogP contribution in [0.1, 0.15) is 37.8 Å². The molecule has 1 aromatic rings. The Kier molecular flexibility index (Phi) is 4.29. The summed E-state index contributed by atoms with van der Waals surface area (Å²) in [5.74, 6) is 0.212. The van der Waals surface area contributed by atoms with Crippen LogP contribution in [0.5, 0.6) is 0 Å². The van der Waals surface area contributed by atoms with E-state index in [2.05, 4.69) is 30.7 Å². The highest BCUT2D eigenvalue weighted by molar-refractivity contribution is 5.90. The van der Waals surface area contributed by atoms with Crippen LogP contribution >= 0.6 is 0 Å². The number of methoxy groups -OCH3 is 1. The van der Waals surface area contributed by atoms with Crippen LogP contribution in [-0.4, -0.2) is 13.1 Å². The molecule has 0 radical (unpaired) electrons. The maximum Gasteiger partial charge on any atom is 0.330 e. The fourth-order valence-corrected chi connectivity index (χ4v) is 1.45. The topological polar surface area (TPSA) is 26.3 Å². The van der Waals surface area contributed by atoms with Crippen molar-refractivity contribution in [3.63, 3.8) is 0 Å². The van der Waals surface area contributed by atoms with Gasteiger partial charge in [0.15, 0.2) is 0 Å². The zero-order valence-electron chi connectivity index (χ0n) is 10.3. The van der Waals surface area contributed by atoms with Crippen molar-refractivity contribution >= 4 is 11.5 Å². The maximum atomic E-state index is 11.1. The van der Waals surface area contributed by atoms with Crippen molar-refractivity contribution in [1.82, 2.24) is 0 Å². The molecule has 2 heteroatoms. The normalized spacial score (nSPS) is 11.7. The highest BCUT2D eigenvalue weighted by Gasteiger charge is 2.02. The van der Waals surface area contributed by atoms with Gasteiger partial charge in [-0.2, -0.15) is 0 Å². The molecule has 0 heterocycles. The standard InChI is InChI=1S/C14H18O2/c1-10(2)12-5-7-13(8-6-12)11(3)9-14(15)16-4/h5-10H,1-4H3. The zero-order valence-corrected chi connectivity index (χ0v) is 10.3. The number of hydrogen-bond acceptors (Lipinski definition) is 2. The Morgan fingerprint density at radius 1 is 1.25 bits per heavy atom. The Morgan fingerprint density at radius 2 is 1.81 bits per heavy atom. The van der Waals surface area contributed by atoms with E-state index in [9.17, 15) is 4.79 Å². The summed E-state index contributed by atoms with van der Waals surface area (Å²) < 4.78 is 4.59. The van der Waals surface area contributed by atoms with E-state index < -0.39 is 0 Å². The monoisotopic (exact) mass is 218 g/mol. The third kappa shape index (κ3) is 3.23. The molecule has 2 nitrogen and oxygen atoms in total. The number of allylic oxidation sites excluding steroid dienone is 1. The highest BCUT2D eigenvalue weighted by Crippen LogP contribution is 2.19. The Labute approximate surface area is 96.9 Å². The van der Waals surface area contributed by atoms with Crippen LogP contribution in [0.4, 0.5) is 0 Å². The van der Waals surface area contributed by atoms with E-state index in [1.54, 1.807) is 0 Å². The van der Waals surface area contributed by atoms with Gasteiger partial charge >= 0.3 is 5.97 Å². The van der Waals surface area contributed by atoms with E-state index in [0.29, 0.717) is 5.92 Å². The second-order valence-corrected chi connectivity index (χ2v) is 4.13. The van der Waals surface area contributed by atoms with E-state index in [-0.39, 0.29) is 5.97 Å². The Bertz CT molecular complexity index is 386. The Morgan fingerprint density at radius 3 is 2.25 bits per heavy atom. The molecule has 16 heavy (non-hydrogen) atoms. The summed E-state index contributed by atoms with van der Waals surface area (Å²) in [6.07, 6.45) is 1.50. The van der Waals surface area contributed by atoms with E-state index in [1.165, 1.54) is 18.7 Å². The zero-order chi connectivity index (χ0) is 12.1. The summed E-state index contributed by atoms with van der Waals surface area (Å²) >= 11 is 0. The third-order valence-corrected chi connectivity index (χ3v) is 2.57. The summed E-state index contributed by atoms with van der Waals surface area (Å²) in [6, 6.07) is 8.25. The first-order valence-electron chi connectivity index (χ1n) is 5.41. The molecule has 0 saturated heterocycles. The van der Waals surface area contributed by atoms with Crippen molar-refractivity contribution in [3.05, 3.63) is 41.5 Å². The molecule has 0 amide bonds. The summed E-state index contributed by atoms with van der Waals surface area (Å²) in [7, 11) is 1.38. The van der Waals surface area contributed by atoms with Gasteiger partial charge in [0.1, 0.15) is 0 Å². The fraction of sp³-hybridized carbons (Fsp3) is 0.357. The van der Waals surface area contributed by atoms with Gasteiger partial charge in [-0.05, 0) is 29.5 Å². The second-order valence-electron chi connectivity index (χ2n) is 4.13. The van der Waals surface area contributed by atoms with Crippen LogP contribution in [0.2, 0.25) is 0 Å². The maximum absolute atomic E-state index is 11.1. The van der Waals surface area contributed by atoms with Crippen molar-refractivity contribution in [3.8, 4) is 0 Å². The van der Waals surface area contributed by atoms with E-state index in [4.69, 9.17) is 0 Å². The average molecular weight is 218 g/mol. The molecule has 86 valence electrons. The lowest BCUT2D eigenvalue weighted by Gasteiger charge is -2.07. The van der Waals surface area contributed by atoms with Crippen LogP contribution in [0.3, 0.4) is 0 Å². The molecule has 1 rings (SSSR count). The first-order chi connectivity index (χ1) is 7.54. The minimum absolute atomic E-state index is 0.314. The molecule has 0 spiro atoms. The molecule has 1 aromatic carbocycles. The van der Waals surface area contributed by atoms with E-state index in [0.717, 1.165) is 11.1 Å². The van der Waals surface area contributed by atoms with Crippen molar-refractivity contribution in [2.24, 2.45) is 0 Å². The van der Waals surface area contributed by atoms with Crippen molar-refractivity contribution in [1.29, 1.82) is 0 Å². The third-order valence-electron chi connectivity index (χ3n) is 2.57. The smallest absolute Gasteiger partial charge is 0.330 e. The molecule has 0 N–H and O–H groups in total. The van der Waals surface area contributed by atoms with Gasteiger partial charge in [0.05, 0.1) is 7.11 Å². The molecule has 0 aliphatic rings. The van der Waals surface area contributed by atoms with Gasteiger partial charge in [0.2, 0.25) is 0 Å². The number of rotatable bonds is 3. The predicted octanol–water partition coefficient (Wildman–Crippen LogP) is 3.39. The number of carbonyl (C=O) groups is 1. The number of ether oxygens (including phenoxy) is 1. The minimum atomic E-state index is -0.314. The van der Waals surface area contributed by atoms with Gasteiger partial charge in [-0.3, -0.25) is 0 Å². The molecule has 0 aliphatic carbocycles. The van der Waals surface area contributed by atoms with Crippen LogP contribution in [-0.2, 0) is 9.53 Å². The molecule has 0 aliphatic heterocycles. The molecule has 0 aromatic heterocycles. The van der Waals surface area contributed by atoms with Gasteiger partial charge < -0.3 is 4.74 Å². The number of carbonyl (C=O) groups excluding carboxylic acids is 1. The molecule has 0 saturated carbocycles. The number of esters is 1. The highest BCUT2D eigenvalue weighted by atomic mass is 16.5. The summed E-state index contributed by atoms with van der Waals surface area (Å²) in [5, 5.41) is 0. The summed E-state index contributed by atoms with van der Waals surface area (Å²) in [5.41, 5.74) is 3.27. The van der Waals surface area contributed by atoms with Crippen LogP contribution in [0.25, 0.3) is 5.57 Å². The van der Waals surface area contributed by atoms with Gasteiger partial charge in [-0.1, -0.05) is 38.1 Å². The lowest BCUT2D eigenvalue weighted by Crippen LogP contribution is -1.96. The van der Waals surface area contributed by atoms with Crippen molar-refractivity contribution in [2.75, 3.05) is 7.11 Å². The molecule has 0 fully saturated rings. The molecular weight excluding hydrogens is 200 g/mol. The fourth-order valence-electron chi connectivity index (χ4n) is 1.45. The van der Waals surface area contributed by atoms with E-state index >= 15 is 0 Å². The number of benzene rings is 1. The largest absolute Gasteiger partial charge is 0.466 e. The number of hydrogen-bond donors (Lipinski definition) is 0. The molecule has 0 atom stereocenters. The lowest BCUT2D eigenvalue weighted by molar-refractivity contribution is -0.134. The van der Waals surface area contributed by atoms with Gasteiger partial charge in [-0.25, -0.2) is 4.79 Å². The Hall–Kier alpha value is -1.57. The molecule has 0 bridgehead atoms.